The third-order valence-electron chi connectivity index (χ3n) is 3.49. The van der Waals surface area contributed by atoms with Crippen LogP contribution in [-0.2, 0) is 13.6 Å². The molecule has 1 N–H and O–H groups in total. The first kappa shape index (κ1) is 12.8. The second kappa shape index (κ2) is 5.43. The molecular formula is C16H18N4. The van der Waals surface area contributed by atoms with Gasteiger partial charge in [0.25, 0.3) is 0 Å². The Labute approximate surface area is 118 Å². The van der Waals surface area contributed by atoms with Crippen molar-refractivity contribution < 1.29 is 0 Å². The topological polar surface area (TPSA) is 42.7 Å². The smallest absolute Gasteiger partial charge is 0.164 e. The van der Waals surface area contributed by atoms with E-state index in [1.165, 1.54) is 16.3 Å². The monoisotopic (exact) mass is 266 g/mol. The van der Waals surface area contributed by atoms with Crippen LogP contribution in [0.1, 0.15) is 24.4 Å². The van der Waals surface area contributed by atoms with Gasteiger partial charge in [-0.1, -0.05) is 36.4 Å². The maximum atomic E-state index is 4.27. The number of rotatable bonds is 4. The molecule has 2 aromatic carbocycles. The minimum Gasteiger partial charge on any atom is -0.303 e. The molecule has 0 saturated carbocycles. The normalized spacial score (nSPS) is 12.7. The van der Waals surface area contributed by atoms with Crippen LogP contribution >= 0.6 is 0 Å². The van der Waals surface area contributed by atoms with E-state index in [1.54, 1.807) is 11.0 Å². The first-order chi connectivity index (χ1) is 9.72. The third kappa shape index (κ3) is 2.70. The van der Waals surface area contributed by atoms with Crippen molar-refractivity contribution in [3.8, 4) is 0 Å². The molecule has 4 nitrogen and oxygen atoms in total. The summed E-state index contributed by atoms with van der Waals surface area (Å²) in [5.74, 6) is 0.820. The second-order valence-corrected chi connectivity index (χ2v) is 5.04. The largest absolute Gasteiger partial charge is 0.303 e. The van der Waals surface area contributed by atoms with Crippen LogP contribution in [-0.4, -0.2) is 14.8 Å². The van der Waals surface area contributed by atoms with Crippen LogP contribution in [0.2, 0.25) is 0 Å². The SMILES string of the molecule is CC(NCc1ncn(C)n1)c1ccc2ccccc2c1. The van der Waals surface area contributed by atoms with Crippen molar-refractivity contribution in [2.75, 3.05) is 0 Å². The highest BCUT2D eigenvalue weighted by atomic mass is 15.3. The van der Waals surface area contributed by atoms with Gasteiger partial charge in [0.1, 0.15) is 6.33 Å². The predicted molar refractivity (Wildman–Crippen MR) is 80.2 cm³/mol. The zero-order valence-corrected chi connectivity index (χ0v) is 11.7. The fourth-order valence-electron chi connectivity index (χ4n) is 2.30. The molecule has 3 rings (SSSR count). The van der Waals surface area contributed by atoms with Gasteiger partial charge in [-0.05, 0) is 29.3 Å². The van der Waals surface area contributed by atoms with Gasteiger partial charge >= 0.3 is 0 Å². The lowest BCUT2D eigenvalue weighted by molar-refractivity contribution is 0.556. The third-order valence-corrected chi connectivity index (χ3v) is 3.49. The van der Waals surface area contributed by atoms with E-state index in [4.69, 9.17) is 0 Å². The lowest BCUT2D eigenvalue weighted by atomic mass is 10.0. The highest BCUT2D eigenvalue weighted by Gasteiger charge is 2.07. The molecule has 20 heavy (non-hydrogen) atoms. The number of benzene rings is 2. The number of aryl methyl sites for hydroxylation is 1. The summed E-state index contributed by atoms with van der Waals surface area (Å²) in [7, 11) is 1.88. The number of fused-ring (bicyclic) bond motifs is 1. The number of aromatic nitrogens is 3. The quantitative estimate of drug-likeness (QED) is 0.789. The molecule has 1 heterocycles. The summed E-state index contributed by atoms with van der Waals surface area (Å²) in [5.41, 5.74) is 1.28. The summed E-state index contributed by atoms with van der Waals surface area (Å²) in [4.78, 5) is 4.22. The average molecular weight is 266 g/mol. The Balaban J connectivity index is 1.73. The van der Waals surface area contributed by atoms with Crippen molar-refractivity contribution in [1.82, 2.24) is 20.1 Å². The zero-order chi connectivity index (χ0) is 13.9. The zero-order valence-electron chi connectivity index (χ0n) is 11.7. The van der Waals surface area contributed by atoms with E-state index in [9.17, 15) is 0 Å². The Morgan fingerprint density at radius 3 is 2.70 bits per heavy atom. The molecule has 3 aromatic rings. The van der Waals surface area contributed by atoms with Crippen LogP contribution < -0.4 is 5.32 Å². The van der Waals surface area contributed by atoms with Gasteiger partial charge < -0.3 is 5.32 Å². The van der Waals surface area contributed by atoms with E-state index in [-0.39, 0.29) is 6.04 Å². The van der Waals surface area contributed by atoms with Gasteiger partial charge in [0.15, 0.2) is 5.82 Å². The number of nitrogens with zero attached hydrogens (tertiary/aromatic N) is 3. The molecule has 0 fully saturated rings. The highest BCUT2D eigenvalue weighted by Crippen LogP contribution is 2.20. The molecule has 0 bridgehead atoms. The molecule has 1 aromatic heterocycles. The van der Waals surface area contributed by atoms with Gasteiger partial charge in [-0.3, -0.25) is 4.68 Å². The van der Waals surface area contributed by atoms with E-state index in [1.807, 2.05) is 7.05 Å². The Hall–Kier alpha value is -2.20. The van der Waals surface area contributed by atoms with Crippen molar-refractivity contribution in [2.24, 2.45) is 7.05 Å². The van der Waals surface area contributed by atoms with E-state index < -0.39 is 0 Å². The second-order valence-electron chi connectivity index (χ2n) is 5.04. The van der Waals surface area contributed by atoms with Crippen LogP contribution in [0.3, 0.4) is 0 Å². The first-order valence-electron chi connectivity index (χ1n) is 6.79. The van der Waals surface area contributed by atoms with Gasteiger partial charge in [-0.25, -0.2) is 4.98 Å². The molecule has 4 heteroatoms. The van der Waals surface area contributed by atoms with Crippen molar-refractivity contribution in [3.63, 3.8) is 0 Å². The minimum atomic E-state index is 0.267. The maximum Gasteiger partial charge on any atom is 0.164 e. The van der Waals surface area contributed by atoms with Crippen molar-refractivity contribution in [1.29, 1.82) is 0 Å². The molecular weight excluding hydrogens is 248 g/mol. The summed E-state index contributed by atoms with van der Waals surface area (Å²) < 4.78 is 1.72. The Bertz CT molecular complexity index is 717. The van der Waals surface area contributed by atoms with Crippen LogP contribution in [0.15, 0.2) is 48.8 Å². The summed E-state index contributed by atoms with van der Waals surface area (Å²) in [6, 6.07) is 15.3. The minimum absolute atomic E-state index is 0.267. The Morgan fingerprint density at radius 1 is 1.15 bits per heavy atom. The van der Waals surface area contributed by atoms with Gasteiger partial charge in [-0.2, -0.15) is 5.10 Å². The number of nitrogens with one attached hydrogen (secondary N) is 1. The van der Waals surface area contributed by atoms with Crippen molar-refractivity contribution in [2.45, 2.75) is 19.5 Å². The Kier molecular flexibility index (Phi) is 3.48. The van der Waals surface area contributed by atoms with Gasteiger partial charge in [0.2, 0.25) is 0 Å². The molecule has 1 atom stereocenters. The fraction of sp³-hybridized carbons (Fsp3) is 0.250. The van der Waals surface area contributed by atoms with Gasteiger partial charge in [-0.15, -0.1) is 0 Å². The van der Waals surface area contributed by atoms with Crippen molar-refractivity contribution in [3.05, 3.63) is 60.2 Å². The molecule has 102 valence electrons. The maximum absolute atomic E-state index is 4.27. The van der Waals surface area contributed by atoms with Crippen LogP contribution in [0.25, 0.3) is 10.8 Å². The fourth-order valence-corrected chi connectivity index (χ4v) is 2.30. The molecule has 0 aliphatic heterocycles. The number of hydrogen-bond acceptors (Lipinski definition) is 3. The first-order valence-corrected chi connectivity index (χ1v) is 6.79. The van der Waals surface area contributed by atoms with Crippen LogP contribution in [0, 0.1) is 0 Å². The summed E-state index contributed by atoms with van der Waals surface area (Å²) >= 11 is 0. The van der Waals surface area contributed by atoms with E-state index in [2.05, 4.69) is 64.8 Å². The molecule has 0 radical (unpaired) electrons. The molecule has 0 saturated heterocycles. The summed E-state index contributed by atoms with van der Waals surface area (Å²) in [6.45, 7) is 2.84. The van der Waals surface area contributed by atoms with E-state index in [0.717, 1.165) is 5.82 Å². The standard InChI is InChI=1S/C16H18N4/c1-12(17-10-16-18-11-20(2)19-16)14-8-7-13-5-3-4-6-15(13)9-14/h3-9,11-12,17H,10H2,1-2H3. The van der Waals surface area contributed by atoms with Gasteiger partial charge in [0, 0.05) is 13.1 Å². The molecule has 0 spiro atoms. The van der Waals surface area contributed by atoms with Crippen LogP contribution in [0.5, 0.6) is 0 Å². The van der Waals surface area contributed by atoms with Gasteiger partial charge in [0.05, 0.1) is 6.54 Å². The number of hydrogen-bond donors (Lipinski definition) is 1. The predicted octanol–water partition coefficient (Wildman–Crippen LogP) is 2.82. The molecule has 1 unspecified atom stereocenters. The van der Waals surface area contributed by atoms with Crippen LogP contribution in [0.4, 0.5) is 0 Å². The Morgan fingerprint density at radius 2 is 1.95 bits per heavy atom. The average Bonchev–Trinajstić information content (AvgIpc) is 2.90. The van der Waals surface area contributed by atoms with E-state index in [0.29, 0.717) is 6.54 Å². The molecule has 0 aliphatic carbocycles. The van der Waals surface area contributed by atoms with E-state index >= 15 is 0 Å². The summed E-state index contributed by atoms with van der Waals surface area (Å²) in [5, 5.41) is 10.3. The molecule has 0 amide bonds. The molecule has 0 aliphatic rings. The lowest BCUT2D eigenvalue weighted by Crippen LogP contribution is -2.19. The lowest BCUT2D eigenvalue weighted by Gasteiger charge is -2.13. The van der Waals surface area contributed by atoms with Crippen molar-refractivity contribution >= 4 is 10.8 Å². The summed E-state index contributed by atoms with van der Waals surface area (Å²) in [6.07, 6.45) is 1.72. The highest BCUT2D eigenvalue weighted by molar-refractivity contribution is 5.83.